The van der Waals surface area contributed by atoms with E-state index in [0.29, 0.717) is 12.2 Å². The third-order valence-corrected chi connectivity index (χ3v) is 5.50. The number of furan rings is 1. The zero-order valence-corrected chi connectivity index (χ0v) is 16.2. The van der Waals surface area contributed by atoms with Crippen molar-refractivity contribution in [2.45, 2.75) is 33.4 Å². The van der Waals surface area contributed by atoms with Crippen LogP contribution in [-0.2, 0) is 26.6 Å². The van der Waals surface area contributed by atoms with Crippen LogP contribution in [0.25, 0.3) is 16.9 Å². The lowest BCUT2D eigenvalue weighted by Gasteiger charge is -2.27. The highest BCUT2D eigenvalue weighted by atomic mass is 16.3. The zero-order chi connectivity index (χ0) is 19.4. The van der Waals surface area contributed by atoms with Crippen molar-refractivity contribution < 1.29 is 4.42 Å². The molecule has 0 radical (unpaired) electrons. The van der Waals surface area contributed by atoms with Gasteiger partial charge in [0, 0.05) is 56.5 Å². The number of aromatic amines is 1. The maximum Gasteiger partial charge on any atom is 0.277 e. The van der Waals surface area contributed by atoms with Gasteiger partial charge in [0.1, 0.15) is 5.76 Å². The maximum atomic E-state index is 13.1. The number of nitrogens with zero attached hydrogens (tertiary/aromatic N) is 5. The molecule has 5 heterocycles. The summed E-state index contributed by atoms with van der Waals surface area (Å²) in [5.41, 5.74) is 6.29. The normalized spacial score (nSPS) is 14.7. The van der Waals surface area contributed by atoms with Crippen LogP contribution in [0.15, 0.2) is 33.8 Å². The van der Waals surface area contributed by atoms with Crippen LogP contribution in [-0.4, -0.2) is 35.8 Å². The molecule has 4 aromatic heterocycles. The van der Waals surface area contributed by atoms with E-state index in [1.165, 1.54) is 5.56 Å². The predicted octanol–water partition coefficient (Wildman–Crippen LogP) is 2.19. The lowest BCUT2D eigenvalue weighted by Crippen LogP contribution is -2.36. The number of hydrogen-bond acceptors (Lipinski definition) is 5. The Hall–Kier alpha value is -3.13. The average Bonchev–Trinajstić information content (AvgIpc) is 3.35. The van der Waals surface area contributed by atoms with Crippen LogP contribution in [0.1, 0.15) is 28.3 Å². The largest absolute Gasteiger partial charge is 0.469 e. The van der Waals surface area contributed by atoms with Gasteiger partial charge in [-0.15, -0.1) is 0 Å². The van der Waals surface area contributed by atoms with Crippen molar-refractivity contribution in [3.05, 3.63) is 63.2 Å². The molecule has 0 spiro atoms. The van der Waals surface area contributed by atoms with E-state index in [4.69, 9.17) is 9.40 Å². The Kier molecular flexibility index (Phi) is 3.77. The molecular formula is C20H22N6O2. The molecule has 0 atom stereocenters. The zero-order valence-electron chi connectivity index (χ0n) is 16.2. The molecule has 1 aliphatic rings. The van der Waals surface area contributed by atoms with Crippen molar-refractivity contribution in [1.29, 1.82) is 0 Å². The summed E-state index contributed by atoms with van der Waals surface area (Å²) in [5, 5.41) is 7.60. The van der Waals surface area contributed by atoms with Crippen molar-refractivity contribution in [3.8, 4) is 11.3 Å². The van der Waals surface area contributed by atoms with E-state index in [1.807, 2.05) is 43.9 Å². The highest BCUT2D eigenvalue weighted by Crippen LogP contribution is 2.24. The predicted molar refractivity (Wildman–Crippen MR) is 104 cm³/mol. The number of rotatable bonds is 3. The fourth-order valence-electron chi connectivity index (χ4n) is 4.02. The molecule has 4 aromatic rings. The summed E-state index contributed by atoms with van der Waals surface area (Å²) < 4.78 is 8.76. The summed E-state index contributed by atoms with van der Waals surface area (Å²) in [6.07, 6.45) is 4.46. The molecule has 0 saturated carbocycles. The molecule has 1 aliphatic heterocycles. The van der Waals surface area contributed by atoms with Gasteiger partial charge in [0.25, 0.3) is 5.56 Å². The van der Waals surface area contributed by atoms with Crippen LogP contribution in [0.3, 0.4) is 0 Å². The first-order chi connectivity index (χ1) is 13.5. The van der Waals surface area contributed by atoms with Crippen LogP contribution in [0.4, 0.5) is 0 Å². The van der Waals surface area contributed by atoms with E-state index >= 15 is 0 Å². The molecule has 0 aromatic carbocycles. The number of aryl methyl sites for hydroxylation is 3. The Balaban J connectivity index is 1.50. The first kappa shape index (κ1) is 17.0. The van der Waals surface area contributed by atoms with Gasteiger partial charge in [-0.2, -0.15) is 5.10 Å². The summed E-state index contributed by atoms with van der Waals surface area (Å²) in [4.78, 5) is 20.2. The van der Waals surface area contributed by atoms with Crippen LogP contribution in [0, 0.1) is 13.8 Å². The average molecular weight is 378 g/mol. The molecule has 0 bridgehead atoms. The Labute approximate surface area is 161 Å². The minimum Gasteiger partial charge on any atom is -0.469 e. The number of hydrogen-bond donors (Lipinski definition) is 1. The van der Waals surface area contributed by atoms with Crippen molar-refractivity contribution in [3.63, 3.8) is 0 Å². The van der Waals surface area contributed by atoms with Crippen molar-refractivity contribution in [1.82, 2.24) is 29.3 Å². The molecule has 8 heteroatoms. The van der Waals surface area contributed by atoms with Crippen LogP contribution in [0.2, 0.25) is 0 Å². The van der Waals surface area contributed by atoms with Crippen molar-refractivity contribution >= 4 is 5.65 Å². The molecular weight excluding hydrogens is 356 g/mol. The van der Waals surface area contributed by atoms with Crippen molar-refractivity contribution in [2.75, 3.05) is 6.54 Å². The highest BCUT2D eigenvalue weighted by Gasteiger charge is 2.23. The summed E-state index contributed by atoms with van der Waals surface area (Å²) in [6, 6.07) is 3.80. The molecule has 0 saturated heterocycles. The summed E-state index contributed by atoms with van der Waals surface area (Å²) in [7, 11) is 1.93. The molecule has 0 aliphatic carbocycles. The van der Waals surface area contributed by atoms with E-state index in [9.17, 15) is 4.79 Å². The number of fused-ring (bicyclic) bond motifs is 2. The minimum atomic E-state index is -0.0278. The molecule has 8 nitrogen and oxygen atoms in total. The van der Waals surface area contributed by atoms with E-state index in [0.717, 1.165) is 53.5 Å². The topological polar surface area (TPSA) is 84.4 Å². The lowest BCUT2D eigenvalue weighted by molar-refractivity contribution is 0.241. The number of H-pyrrole nitrogens is 1. The molecule has 144 valence electrons. The quantitative estimate of drug-likeness (QED) is 0.591. The minimum absolute atomic E-state index is 0.0278. The fraction of sp³-hybridized carbons (Fsp3) is 0.350. The lowest BCUT2D eigenvalue weighted by atomic mass is 10.1. The van der Waals surface area contributed by atoms with Gasteiger partial charge in [-0.25, -0.2) is 9.50 Å². The van der Waals surface area contributed by atoms with Gasteiger partial charge in [0.05, 0.1) is 28.9 Å². The molecule has 5 rings (SSSR count). The molecule has 0 fully saturated rings. The third-order valence-electron chi connectivity index (χ3n) is 5.50. The maximum absolute atomic E-state index is 13.1. The van der Waals surface area contributed by atoms with E-state index in [-0.39, 0.29) is 5.56 Å². The fourth-order valence-corrected chi connectivity index (χ4v) is 4.02. The van der Waals surface area contributed by atoms with E-state index in [1.54, 1.807) is 10.8 Å². The second-order valence-electron chi connectivity index (χ2n) is 7.47. The third kappa shape index (κ3) is 2.68. The first-order valence-corrected chi connectivity index (χ1v) is 9.39. The Bertz CT molecular complexity index is 1240. The Morgan fingerprint density at radius 3 is 2.89 bits per heavy atom. The summed E-state index contributed by atoms with van der Waals surface area (Å²) >= 11 is 0. The SMILES string of the molecule is Cc1nn(C)cc1CN1CCc2nc3cc(-c4ccoc4C)[nH]n3c(=O)c2C1. The molecule has 0 amide bonds. The van der Waals surface area contributed by atoms with Crippen LogP contribution >= 0.6 is 0 Å². The van der Waals surface area contributed by atoms with Crippen LogP contribution in [0.5, 0.6) is 0 Å². The monoisotopic (exact) mass is 378 g/mol. The highest BCUT2D eigenvalue weighted by molar-refractivity contribution is 5.65. The number of nitrogens with one attached hydrogen (secondary N) is 1. The molecule has 0 unspecified atom stereocenters. The van der Waals surface area contributed by atoms with Gasteiger partial charge >= 0.3 is 0 Å². The molecule has 1 N–H and O–H groups in total. The van der Waals surface area contributed by atoms with Crippen LogP contribution < -0.4 is 5.56 Å². The molecule has 28 heavy (non-hydrogen) atoms. The number of aromatic nitrogens is 5. The second-order valence-corrected chi connectivity index (χ2v) is 7.47. The van der Waals surface area contributed by atoms with Crippen molar-refractivity contribution in [2.24, 2.45) is 7.05 Å². The van der Waals surface area contributed by atoms with Gasteiger partial charge in [-0.3, -0.25) is 19.5 Å². The van der Waals surface area contributed by atoms with E-state index < -0.39 is 0 Å². The Morgan fingerprint density at radius 1 is 1.32 bits per heavy atom. The second kappa shape index (κ2) is 6.20. The Morgan fingerprint density at radius 2 is 2.18 bits per heavy atom. The van der Waals surface area contributed by atoms with Gasteiger partial charge in [0.2, 0.25) is 0 Å². The summed E-state index contributed by atoms with van der Waals surface area (Å²) in [6.45, 7) is 6.18. The van der Waals surface area contributed by atoms with Gasteiger partial charge in [-0.05, 0) is 19.9 Å². The van der Waals surface area contributed by atoms with Gasteiger partial charge in [-0.1, -0.05) is 0 Å². The van der Waals surface area contributed by atoms with Gasteiger partial charge in [0.15, 0.2) is 5.65 Å². The van der Waals surface area contributed by atoms with E-state index in [2.05, 4.69) is 15.1 Å². The standard InChI is InChI=1S/C20H22N6O2/c1-12-14(9-24(3)22-12)10-25-6-4-17-16(11-25)20(27)26-19(21-17)8-18(23-26)15-5-7-28-13(15)2/h5,7-9,23H,4,6,10-11H2,1-3H3. The first-order valence-electron chi connectivity index (χ1n) is 9.39. The van der Waals surface area contributed by atoms with Gasteiger partial charge < -0.3 is 4.42 Å². The smallest absolute Gasteiger partial charge is 0.277 e. The summed E-state index contributed by atoms with van der Waals surface area (Å²) in [5.74, 6) is 0.808.